The molecule has 0 aromatic carbocycles. The van der Waals surface area contributed by atoms with Gasteiger partial charge in [-0.05, 0) is 11.3 Å². The zero-order valence-corrected chi connectivity index (χ0v) is 12.9. The molecule has 2 saturated heterocycles. The number of nitrogens with one attached hydrogen (secondary N) is 1. The molecule has 2 heterocycles. The topological polar surface area (TPSA) is 35.6 Å². The third-order valence-corrected chi connectivity index (χ3v) is 4.84. The number of nitrogens with zero attached hydrogens (tertiary/aromatic N) is 2. The summed E-state index contributed by atoms with van der Waals surface area (Å²) in [5.74, 6) is 0.784. The zero-order valence-electron chi connectivity index (χ0n) is 12.9. The average molecular weight is 267 g/mol. The fraction of sp³-hybridized carbons (Fsp3) is 0.933. The molecular weight excluding hydrogens is 238 g/mol. The second-order valence-electron chi connectivity index (χ2n) is 7.21. The minimum Gasteiger partial charge on any atom is -0.339 e. The minimum atomic E-state index is 0.221. The van der Waals surface area contributed by atoms with E-state index in [1.807, 2.05) is 4.90 Å². The molecule has 0 bridgehead atoms. The van der Waals surface area contributed by atoms with Crippen LogP contribution in [0.25, 0.3) is 0 Å². The fourth-order valence-corrected chi connectivity index (χ4v) is 2.63. The molecule has 0 spiro atoms. The molecule has 19 heavy (non-hydrogen) atoms. The standard InChI is InChI=1S/C15H29N3O/c1-12(15(2,3)4)9-14(19)18-10-13(11-18)17-7-5-16-6-8-17/h12-13,16H,5-11H2,1-4H3. The van der Waals surface area contributed by atoms with Gasteiger partial charge >= 0.3 is 0 Å². The van der Waals surface area contributed by atoms with Crippen LogP contribution in [0.5, 0.6) is 0 Å². The first-order valence-corrected chi connectivity index (χ1v) is 7.60. The van der Waals surface area contributed by atoms with Crippen LogP contribution in [0.4, 0.5) is 0 Å². The molecule has 2 aliphatic heterocycles. The number of amides is 1. The van der Waals surface area contributed by atoms with Gasteiger partial charge in [0.25, 0.3) is 0 Å². The van der Waals surface area contributed by atoms with Crippen LogP contribution in [0.2, 0.25) is 0 Å². The van der Waals surface area contributed by atoms with Crippen molar-refractivity contribution < 1.29 is 4.79 Å². The van der Waals surface area contributed by atoms with Gasteiger partial charge in [0.15, 0.2) is 0 Å². The molecule has 0 aromatic rings. The summed E-state index contributed by atoms with van der Waals surface area (Å²) in [6, 6.07) is 0.607. The molecule has 2 fully saturated rings. The lowest BCUT2D eigenvalue weighted by atomic mass is 9.79. The van der Waals surface area contributed by atoms with Crippen LogP contribution in [0.3, 0.4) is 0 Å². The average Bonchev–Trinajstić information content (AvgIpc) is 2.27. The Hall–Kier alpha value is -0.610. The van der Waals surface area contributed by atoms with Gasteiger partial charge in [-0.15, -0.1) is 0 Å². The Balaban J connectivity index is 1.72. The Bertz CT molecular complexity index is 312. The number of carbonyl (C=O) groups is 1. The van der Waals surface area contributed by atoms with Crippen molar-refractivity contribution in [2.75, 3.05) is 39.3 Å². The maximum Gasteiger partial charge on any atom is 0.222 e. The highest BCUT2D eigenvalue weighted by molar-refractivity contribution is 5.77. The summed E-state index contributed by atoms with van der Waals surface area (Å²) in [6.45, 7) is 15.1. The molecule has 2 aliphatic rings. The SMILES string of the molecule is CC(CC(=O)N1CC(N2CCNCC2)C1)C(C)(C)C. The summed E-state index contributed by atoms with van der Waals surface area (Å²) in [5.41, 5.74) is 0.221. The Morgan fingerprint density at radius 1 is 1.26 bits per heavy atom. The number of piperazine rings is 1. The Morgan fingerprint density at radius 3 is 2.37 bits per heavy atom. The minimum absolute atomic E-state index is 0.221. The highest BCUT2D eigenvalue weighted by Crippen LogP contribution is 2.29. The van der Waals surface area contributed by atoms with Gasteiger partial charge in [-0.25, -0.2) is 0 Å². The molecule has 0 radical (unpaired) electrons. The van der Waals surface area contributed by atoms with E-state index < -0.39 is 0 Å². The molecule has 1 unspecified atom stereocenters. The Labute approximate surface area is 117 Å². The molecule has 1 atom stereocenters. The van der Waals surface area contributed by atoms with Crippen LogP contribution in [0, 0.1) is 11.3 Å². The first-order valence-electron chi connectivity index (χ1n) is 7.60. The molecule has 0 aliphatic carbocycles. The van der Waals surface area contributed by atoms with Gasteiger partial charge in [0.1, 0.15) is 0 Å². The van der Waals surface area contributed by atoms with Crippen molar-refractivity contribution in [3.8, 4) is 0 Å². The van der Waals surface area contributed by atoms with Crippen molar-refractivity contribution in [1.82, 2.24) is 15.1 Å². The predicted octanol–water partition coefficient (Wildman–Crippen LogP) is 1.17. The smallest absolute Gasteiger partial charge is 0.222 e. The zero-order chi connectivity index (χ0) is 14.0. The van der Waals surface area contributed by atoms with E-state index >= 15 is 0 Å². The van der Waals surface area contributed by atoms with Crippen molar-refractivity contribution in [2.24, 2.45) is 11.3 Å². The van der Waals surface area contributed by atoms with Crippen molar-refractivity contribution in [2.45, 2.75) is 40.2 Å². The summed E-state index contributed by atoms with van der Waals surface area (Å²) in [5, 5.41) is 3.37. The number of rotatable bonds is 3. The highest BCUT2D eigenvalue weighted by Gasteiger charge is 2.36. The predicted molar refractivity (Wildman–Crippen MR) is 78.0 cm³/mol. The van der Waals surface area contributed by atoms with E-state index in [-0.39, 0.29) is 5.41 Å². The lowest BCUT2D eigenvalue weighted by molar-refractivity contribution is -0.140. The molecule has 1 amide bonds. The summed E-state index contributed by atoms with van der Waals surface area (Å²) in [7, 11) is 0. The summed E-state index contributed by atoms with van der Waals surface area (Å²) in [6.07, 6.45) is 0.692. The van der Waals surface area contributed by atoms with Crippen LogP contribution in [0.15, 0.2) is 0 Å². The largest absolute Gasteiger partial charge is 0.339 e. The van der Waals surface area contributed by atoms with Gasteiger partial charge in [-0.2, -0.15) is 0 Å². The first-order chi connectivity index (χ1) is 8.88. The monoisotopic (exact) mass is 267 g/mol. The van der Waals surface area contributed by atoms with Gasteiger partial charge in [0.2, 0.25) is 5.91 Å². The molecule has 4 heteroatoms. The maximum atomic E-state index is 12.2. The molecule has 0 saturated carbocycles. The van der Waals surface area contributed by atoms with Gasteiger partial charge in [-0.1, -0.05) is 27.7 Å². The van der Waals surface area contributed by atoms with E-state index in [1.165, 1.54) is 0 Å². The lowest BCUT2D eigenvalue weighted by Crippen LogP contribution is -2.64. The van der Waals surface area contributed by atoms with E-state index in [0.29, 0.717) is 24.3 Å². The number of hydrogen-bond donors (Lipinski definition) is 1. The van der Waals surface area contributed by atoms with Gasteiger partial charge < -0.3 is 10.2 Å². The second kappa shape index (κ2) is 5.80. The molecule has 4 nitrogen and oxygen atoms in total. The van der Waals surface area contributed by atoms with Crippen LogP contribution < -0.4 is 5.32 Å². The lowest BCUT2D eigenvalue weighted by Gasteiger charge is -2.47. The van der Waals surface area contributed by atoms with Gasteiger partial charge in [0, 0.05) is 51.7 Å². The molecule has 2 rings (SSSR count). The van der Waals surface area contributed by atoms with E-state index in [1.54, 1.807) is 0 Å². The quantitative estimate of drug-likeness (QED) is 0.834. The van der Waals surface area contributed by atoms with Crippen LogP contribution in [0.1, 0.15) is 34.1 Å². The van der Waals surface area contributed by atoms with Crippen molar-refractivity contribution in [3.63, 3.8) is 0 Å². The Morgan fingerprint density at radius 2 is 1.84 bits per heavy atom. The Kier molecular flexibility index (Phi) is 4.51. The molecule has 0 aromatic heterocycles. The highest BCUT2D eigenvalue weighted by atomic mass is 16.2. The molecule has 110 valence electrons. The molecular formula is C15H29N3O. The van der Waals surface area contributed by atoms with Crippen molar-refractivity contribution in [3.05, 3.63) is 0 Å². The number of carbonyl (C=O) groups excluding carboxylic acids is 1. The third-order valence-electron chi connectivity index (χ3n) is 4.84. The second-order valence-corrected chi connectivity index (χ2v) is 7.21. The van der Waals surface area contributed by atoms with E-state index in [2.05, 4.69) is 37.9 Å². The number of likely N-dealkylation sites (tertiary alicyclic amines) is 1. The van der Waals surface area contributed by atoms with E-state index in [0.717, 1.165) is 39.3 Å². The molecule has 1 N–H and O–H groups in total. The first kappa shape index (κ1) is 14.8. The summed E-state index contributed by atoms with van der Waals surface area (Å²) >= 11 is 0. The summed E-state index contributed by atoms with van der Waals surface area (Å²) in [4.78, 5) is 16.8. The van der Waals surface area contributed by atoms with E-state index in [4.69, 9.17) is 0 Å². The van der Waals surface area contributed by atoms with E-state index in [9.17, 15) is 4.79 Å². The normalized spacial score (nSPS) is 24.1. The van der Waals surface area contributed by atoms with Crippen LogP contribution in [-0.4, -0.2) is 61.0 Å². The maximum absolute atomic E-state index is 12.2. The van der Waals surface area contributed by atoms with Crippen LogP contribution in [-0.2, 0) is 4.79 Å². The van der Waals surface area contributed by atoms with Gasteiger partial charge in [-0.3, -0.25) is 9.69 Å². The van der Waals surface area contributed by atoms with Crippen molar-refractivity contribution in [1.29, 1.82) is 0 Å². The van der Waals surface area contributed by atoms with Crippen LogP contribution >= 0.6 is 0 Å². The van der Waals surface area contributed by atoms with Crippen molar-refractivity contribution >= 4 is 5.91 Å². The summed E-state index contributed by atoms with van der Waals surface area (Å²) < 4.78 is 0. The van der Waals surface area contributed by atoms with Gasteiger partial charge in [0.05, 0.1) is 0 Å². The fourth-order valence-electron chi connectivity index (χ4n) is 2.63. The third kappa shape index (κ3) is 3.69. The number of hydrogen-bond acceptors (Lipinski definition) is 3.